The second kappa shape index (κ2) is 7.82. The minimum atomic E-state index is 0.566. The van der Waals surface area contributed by atoms with E-state index in [1.165, 1.54) is 6.42 Å². The quantitative estimate of drug-likeness (QED) is 0.850. The van der Waals surface area contributed by atoms with Crippen LogP contribution in [0.15, 0.2) is 18.2 Å². The van der Waals surface area contributed by atoms with Gasteiger partial charge in [-0.1, -0.05) is 50.4 Å². The Kier molecular flexibility index (Phi) is 6.36. The second-order valence-electron chi connectivity index (χ2n) is 6.13. The van der Waals surface area contributed by atoms with Crippen LogP contribution < -0.4 is 5.32 Å². The van der Waals surface area contributed by atoms with Crippen molar-refractivity contribution in [2.45, 2.75) is 52.2 Å². The highest BCUT2D eigenvalue weighted by Crippen LogP contribution is 2.25. The van der Waals surface area contributed by atoms with Crippen LogP contribution in [0.5, 0.6) is 0 Å². The molecule has 1 aliphatic rings. The molecule has 1 aromatic carbocycles. The van der Waals surface area contributed by atoms with Crippen LogP contribution in [0.2, 0.25) is 10.0 Å². The van der Waals surface area contributed by atoms with Gasteiger partial charge in [-0.2, -0.15) is 0 Å². The zero-order valence-corrected chi connectivity index (χ0v) is 14.7. The molecule has 1 heterocycles. The highest BCUT2D eigenvalue weighted by molar-refractivity contribution is 6.33. The summed E-state index contributed by atoms with van der Waals surface area (Å²) >= 11 is 12.4. The third-order valence-corrected chi connectivity index (χ3v) is 5.35. The predicted octanol–water partition coefficient (Wildman–Crippen LogP) is 4.59. The Labute approximate surface area is 138 Å². The Morgan fingerprint density at radius 2 is 2.10 bits per heavy atom. The SMILES string of the molecule is CCC(C)C1CN(Cc2cc(Cl)ccc2Cl)C(CC)CN1. The predicted molar refractivity (Wildman–Crippen MR) is 92.2 cm³/mol. The first-order valence-electron chi connectivity index (χ1n) is 7.96. The molecule has 0 saturated carbocycles. The zero-order chi connectivity index (χ0) is 15.4. The van der Waals surface area contributed by atoms with Crippen LogP contribution in [0, 0.1) is 5.92 Å². The molecule has 3 atom stereocenters. The molecule has 1 fully saturated rings. The molecule has 1 N–H and O–H groups in total. The van der Waals surface area contributed by atoms with Gasteiger partial charge in [-0.15, -0.1) is 0 Å². The van der Waals surface area contributed by atoms with Crippen molar-refractivity contribution in [1.29, 1.82) is 0 Å². The molecule has 1 aromatic rings. The number of nitrogens with zero attached hydrogens (tertiary/aromatic N) is 1. The lowest BCUT2D eigenvalue weighted by atomic mass is 9.94. The standard InChI is InChI=1S/C17H26Cl2N2/c1-4-12(3)17-11-21(15(5-2)9-20-17)10-13-8-14(18)6-7-16(13)19/h6-8,12,15,17,20H,4-5,9-11H2,1-3H3. The van der Waals surface area contributed by atoms with Gasteiger partial charge in [-0.25, -0.2) is 0 Å². The van der Waals surface area contributed by atoms with Crippen molar-refractivity contribution in [3.8, 4) is 0 Å². The van der Waals surface area contributed by atoms with Gasteiger partial charge in [0.2, 0.25) is 0 Å². The Morgan fingerprint density at radius 3 is 2.76 bits per heavy atom. The number of benzene rings is 1. The molecule has 0 bridgehead atoms. The van der Waals surface area contributed by atoms with Crippen molar-refractivity contribution in [1.82, 2.24) is 10.2 Å². The van der Waals surface area contributed by atoms with Gasteiger partial charge in [0.1, 0.15) is 0 Å². The summed E-state index contributed by atoms with van der Waals surface area (Å²) in [6, 6.07) is 6.88. The van der Waals surface area contributed by atoms with E-state index in [-0.39, 0.29) is 0 Å². The van der Waals surface area contributed by atoms with Crippen molar-refractivity contribution in [2.75, 3.05) is 13.1 Å². The van der Waals surface area contributed by atoms with E-state index in [4.69, 9.17) is 23.2 Å². The molecule has 0 radical (unpaired) electrons. The molecule has 2 nitrogen and oxygen atoms in total. The van der Waals surface area contributed by atoms with E-state index in [0.29, 0.717) is 18.0 Å². The lowest BCUT2D eigenvalue weighted by Crippen LogP contribution is -2.57. The number of piperazine rings is 1. The van der Waals surface area contributed by atoms with Gasteiger partial charge < -0.3 is 5.32 Å². The molecule has 21 heavy (non-hydrogen) atoms. The summed E-state index contributed by atoms with van der Waals surface area (Å²) in [4.78, 5) is 2.56. The Hall–Kier alpha value is -0.280. The van der Waals surface area contributed by atoms with Crippen LogP contribution in [-0.2, 0) is 6.54 Å². The lowest BCUT2D eigenvalue weighted by molar-refractivity contribution is 0.0993. The largest absolute Gasteiger partial charge is 0.311 e. The Morgan fingerprint density at radius 1 is 1.33 bits per heavy atom. The maximum atomic E-state index is 6.33. The van der Waals surface area contributed by atoms with Gasteiger partial charge in [0.25, 0.3) is 0 Å². The van der Waals surface area contributed by atoms with E-state index < -0.39 is 0 Å². The van der Waals surface area contributed by atoms with Crippen LogP contribution in [0.3, 0.4) is 0 Å². The van der Waals surface area contributed by atoms with Crippen LogP contribution in [-0.4, -0.2) is 30.1 Å². The summed E-state index contributed by atoms with van der Waals surface area (Å²) in [5, 5.41) is 5.28. The van der Waals surface area contributed by atoms with Crippen LogP contribution >= 0.6 is 23.2 Å². The van der Waals surface area contributed by atoms with Crippen molar-refractivity contribution in [3.63, 3.8) is 0 Å². The summed E-state index contributed by atoms with van der Waals surface area (Å²) in [5.74, 6) is 0.695. The highest BCUT2D eigenvalue weighted by Gasteiger charge is 2.29. The van der Waals surface area contributed by atoms with E-state index in [1.54, 1.807) is 0 Å². The molecule has 4 heteroatoms. The molecular formula is C17H26Cl2N2. The van der Waals surface area contributed by atoms with E-state index >= 15 is 0 Å². The van der Waals surface area contributed by atoms with Gasteiger partial charge in [-0.3, -0.25) is 4.90 Å². The fourth-order valence-corrected chi connectivity index (χ4v) is 3.40. The average molecular weight is 329 g/mol. The molecule has 1 aliphatic heterocycles. The van der Waals surface area contributed by atoms with E-state index in [9.17, 15) is 0 Å². The summed E-state index contributed by atoms with van der Waals surface area (Å²) in [7, 11) is 0. The van der Waals surface area contributed by atoms with Crippen molar-refractivity contribution < 1.29 is 0 Å². The van der Waals surface area contributed by atoms with Gasteiger partial charge in [0.05, 0.1) is 0 Å². The van der Waals surface area contributed by atoms with Crippen molar-refractivity contribution in [2.24, 2.45) is 5.92 Å². The second-order valence-corrected chi connectivity index (χ2v) is 6.97. The van der Waals surface area contributed by atoms with Gasteiger partial charge >= 0.3 is 0 Å². The highest BCUT2D eigenvalue weighted by atomic mass is 35.5. The summed E-state index contributed by atoms with van der Waals surface area (Å²) < 4.78 is 0. The van der Waals surface area contributed by atoms with Gasteiger partial charge in [0.15, 0.2) is 0 Å². The van der Waals surface area contributed by atoms with Crippen LogP contribution in [0.4, 0.5) is 0 Å². The summed E-state index contributed by atoms with van der Waals surface area (Å²) in [6.07, 6.45) is 2.36. The molecule has 0 amide bonds. The van der Waals surface area contributed by atoms with Crippen molar-refractivity contribution in [3.05, 3.63) is 33.8 Å². The molecule has 0 aliphatic carbocycles. The Balaban J connectivity index is 2.12. The number of halogens is 2. The smallest absolute Gasteiger partial charge is 0.0452 e. The van der Waals surface area contributed by atoms with Gasteiger partial charge in [0, 0.05) is 41.8 Å². The first-order valence-corrected chi connectivity index (χ1v) is 8.72. The maximum absolute atomic E-state index is 6.33. The number of hydrogen-bond acceptors (Lipinski definition) is 2. The third kappa shape index (κ3) is 4.35. The minimum absolute atomic E-state index is 0.566. The molecule has 2 rings (SSSR count). The van der Waals surface area contributed by atoms with Crippen molar-refractivity contribution >= 4 is 23.2 Å². The Bertz CT molecular complexity index is 464. The number of nitrogens with one attached hydrogen (secondary N) is 1. The molecular weight excluding hydrogens is 303 g/mol. The van der Waals surface area contributed by atoms with Gasteiger partial charge in [-0.05, 0) is 36.1 Å². The van der Waals surface area contributed by atoms with E-state index in [0.717, 1.165) is 41.7 Å². The minimum Gasteiger partial charge on any atom is -0.311 e. The first kappa shape index (κ1) is 17.1. The monoisotopic (exact) mass is 328 g/mol. The first-order chi connectivity index (χ1) is 10.0. The average Bonchev–Trinajstić information content (AvgIpc) is 2.50. The maximum Gasteiger partial charge on any atom is 0.0452 e. The normalized spacial score (nSPS) is 25.0. The third-order valence-electron chi connectivity index (χ3n) is 4.75. The van der Waals surface area contributed by atoms with E-state index in [1.807, 2.05) is 18.2 Å². The van der Waals surface area contributed by atoms with E-state index in [2.05, 4.69) is 31.0 Å². The fraction of sp³-hybridized carbons (Fsp3) is 0.647. The van der Waals surface area contributed by atoms with Crippen LogP contribution in [0.25, 0.3) is 0 Å². The fourth-order valence-electron chi connectivity index (χ4n) is 3.03. The zero-order valence-electron chi connectivity index (χ0n) is 13.2. The topological polar surface area (TPSA) is 15.3 Å². The molecule has 3 unspecified atom stereocenters. The molecule has 0 aromatic heterocycles. The molecule has 118 valence electrons. The number of rotatable bonds is 5. The summed E-state index contributed by atoms with van der Waals surface area (Å²) in [5.41, 5.74) is 1.13. The summed E-state index contributed by atoms with van der Waals surface area (Å²) in [6.45, 7) is 9.86. The van der Waals surface area contributed by atoms with Crippen LogP contribution in [0.1, 0.15) is 39.2 Å². The number of hydrogen-bond donors (Lipinski definition) is 1. The lowest BCUT2D eigenvalue weighted by Gasteiger charge is -2.42. The molecule has 0 spiro atoms. The molecule has 1 saturated heterocycles.